The van der Waals surface area contributed by atoms with E-state index in [9.17, 15) is 0 Å². The quantitative estimate of drug-likeness (QED) is 0.903. The molecule has 1 saturated carbocycles. The van der Waals surface area contributed by atoms with Crippen LogP contribution in [0.25, 0.3) is 11.3 Å². The van der Waals surface area contributed by atoms with Crippen LogP contribution in [0.4, 0.5) is 0 Å². The molecule has 3 rings (SSSR count). The van der Waals surface area contributed by atoms with Gasteiger partial charge in [-0.15, -0.1) is 0 Å². The summed E-state index contributed by atoms with van der Waals surface area (Å²) in [5.41, 5.74) is 3.44. The molecule has 4 heteroatoms. The second kappa shape index (κ2) is 5.98. The van der Waals surface area contributed by atoms with E-state index in [1.807, 2.05) is 18.2 Å². The van der Waals surface area contributed by atoms with Crippen LogP contribution in [0.5, 0.6) is 0 Å². The Morgan fingerprint density at radius 1 is 1.19 bits per heavy atom. The molecular formula is C17H24N4. The predicted molar refractivity (Wildman–Crippen MR) is 84.7 cm³/mol. The Bertz CT molecular complexity index is 573. The lowest BCUT2D eigenvalue weighted by Crippen LogP contribution is -2.43. The maximum Gasteiger partial charge on any atom is 0.117 e. The Morgan fingerprint density at radius 3 is 2.76 bits per heavy atom. The van der Waals surface area contributed by atoms with Gasteiger partial charge in [0.25, 0.3) is 0 Å². The van der Waals surface area contributed by atoms with E-state index in [0.29, 0.717) is 11.5 Å². The van der Waals surface area contributed by atoms with Crippen molar-refractivity contribution < 1.29 is 0 Å². The van der Waals surface area contributed by atoms with Crippen molar-refractivity contribution in [3.05, 3.63) is 36.0 Å². The van der Waals surface area contributed by atoms with Crippen molar-refractivity contribution in [1.82, 2.24) is 20.7 Å². The van der Waals surface area contributed by atoms with Crippen molar-refractivity contribution in [2.75, 3.05) is 0 Å². The van der Waals surface area contributed by atoms with Crippen LogP contribution in [0.2, 0.25) is 0 Å². The molecule has 1 aliphatic carbocycles. The lowest BCUT2D eigenvalue weighted by Gasteiger charge is -2.39. The van der Waals surface area contributed by atoms with E-state index < -0.39 is 0 Å². The number of aromatic amines is 1. The smallest absolute Gasteiger partial charge is 0.117 e. The minimum Gasteiger partial charge on any atom is -0.308 e. The van der Waals surface area contributed by atoms with Gasteiger partial charge in [0.15, 0.2) is 0 Å². The van der Waals surface area contributed by atoms with Crippen LogP contribution in [-0.2, 0) is 6.54 Å². The van der Waals surface area contributed by atoms with E-state index in [-0.39, 0.29) is 0 Å². The average Bonchev–Trinajstić information content (AvgIpc) is 2.95. The molecule has 2 N–H and O–H groups in total. The summed E-state index contributed by atoms with van der Waals surface area (Å²) in [6.07, 6.45) is 5.23. The molecule has 0 amide bonds. The third kappa shape index (κ3) is 3.16. The SMILES string of the molecule is CC1(C)CCCCC1NCc1n[nH]nc1-c1ccccc1. The number of benzene rings is 1. The fourth-order valence-corrected chi connectivity index (χ4v) is 3.30. The first-order valence-electron chi connectivity index (χ1n) is 7.85. The molecular weight excluding hydrogens is 260 g/mol. The Hall–Kier alpha value is -1.68. The van der Waals surface area contributed by atoms with E-state index in [0.717, 1.165) is 23.5 Å². The number of hydrogen-bond acceptors (Lipinski definition) is 3. The first kappa shape index (κ1) is 14.3. The molecule has 1 fully saturated rings. The summed E-state index contributed by atoms with van der Waals surface area (Å²) < 4.78 is 0. The zero-order valence-corrected chi connectivity index (χ0v) is 12.9. The highest BCUT2D eigenvalue weighted by molar-refractivity contribution is 5.60. The van der Waals surface area contributed by atoms with Gasteiger partial charge in [-0.2, -0.15) is 15.4 Å². The first-order chi connectivity index (χ1) is 10.2. The first-order valence-corrected chi connectivity index (χ1v) is 7.85. The fourth-order valence-electron chi connectivity index (χ4n) is 3.30. The van der Waals surface area contributed by atoms with E-state index in [1.54, 1.807) is 0 Å². The number of nitrogens with one attached hydrogen (secondary N) is 2. The maximum absolute atomic E-state index is 4.33. The Balaban J connectivity index is 1.71. The van der Waals surface area contributed by atoms with Crippen molar-refractivity contribution >= 4 is 0 Å². The van der Waals surface area contributed by atoms with Gasteiger partial charge in [0, 0.05) is 18.2 Å². The van der Waals surface area contributed by atoms with Crippen LogP contribution >= 0.6 is 0 Å². The molecule has 1 unspecified atom stereocenters. The van der Waals surface area contributed by atoms with Crippen molar-refractivity contribution in [2.45, 2.75) is 52.1 Å². The molecule has 1 atom stereocenters. The Morgan fingerprint density at radius 2 is 2.00 bits per heavy atom. The van der Waals surface area contributed by atoms with Crippen LogP contribution in [0.3, 0.4) is 0 Å². The minimum absolute atomic E-state index is 0.370. The largest absolute Gasteiger partial charge is 0.308 e. The highest BCUT2D eigenvalue weighted by atomic mass is 15.3. The van der Waals surface area contributed by atoms with Crippen molar-refractivity contribution in [1.29, 1.82) is 0 Å². The topological polar surface area (TPSA) is 53.6 Å². The maximum atomic E-state index is 4.33. The number of hydrogen-bond donors (Lipinski definition) is 2. The van der Waals surface area contributed by atoms with Crippen molar-refractivity contribution in [2.24, 2.45) is 5.41 Å². The second-order valence-corrected chi connectivity index (χ2v) is 6.65. The van der Waals surface area contributed by atoms with Gasteiger partial charge >= 0.3 is 0 Å². The van der Waals surface area contributed by atoms with Gasteiger partial charge < -0.3 is 5.32 Å². The van der Waals surface area contributed by atoms with Crippen LogP contribution < -0.4 is 5.32 Å². The van der Waals surface area contributed by atoms with E-state index in [4.69, 9.17) is 0 Å². The fraction of sp³-hybridized carbons (Fsp3) is 0.529. The Kier molecular flexibility index (Phi) is 4.06. The van der Waals surface area contributed by atoms with Gasteiger partial charge in [0.1, 0.15) is 11.4 Å². The van der Waals surface area contributed by atoms with E-state index in [2.05, 4.69) is 46.7 Å². The average molecular weight is 284 g/mol. The van der Waals surface area contributed by atoms with Crippen LogP contribution in [-0.4, -0.2) is 21.5 Å². The molecule has 0 bridgehead atoms. The second-order valence-electron chi connectivity index (χ2n) is 6.65. The number of nitrogens with zero attached hydrogens (tertiary/aromatic N) is 2. The van der Waals surface area contributed by atoms with Crippen molar-refractivity contribution in [3.8, 4) is 11.3 Å². The summed E-state index contributed by atoms with van der Waals surface area (Å²) in [5, 5.41) is 15.1. The highest BCUT2D eigenvalue weighted by Gasteiger charge is 2.31. The van der Waals surface area contributed by atoms with E-state index >= 15 is 0 Å². The molecule has 0 radical (unpaired) electrons. The molecule has 1 aromatic heterocycles. The van der Waals surface area contributed by atoms with Crippen molar-refractivity contribution in [3.63, 3.8) is 0 Å². The number of H-pyrrole nitrogens is 1. The molecule has 4 nitrogen and oxygen atoms in total. The van der Waals surface area contributed by atoms with Crippen LogP contribution in [0, 0.1) is 5.41 Å². The highest BCUT2D eigenvalue weighted by Crippen LogP contribution is 2.35. The molecule has 1 heterocycles. The summed E-state index contributed by atoms with van der Waals surface area (Å²) in [7, 11) is 0. The third-order valence-corrected chi connectivity index (χ3v) is 4.69. The zero-order valence-electron chi connectivity index (χ0n) is 12.9. The van der Waals surface area contributed by atoms with Gasteiger partial charge in [0.2, 0.25) is 0 Å². The lowest BCUT2D eigenvalue weighted by molar-refractivity contribution is 0.166. The summed E-state index contributed by atoms with van der Waals surface area (Å²) in [6.45, 7) is 5.50. The minimum atomic E-state index is 0.370. The standard InChI is InChI=1S/C17H24N4/c1-17(2)11-7-6-10-15(17)18-12-14-16(20-21-19-14)13-8-4-3-5-9-13/h3-5,8-9,15,18H,6-7,10-12H2,1-2H3,(H,19,20,21). The summed E-state index contributed by atoms with van der Waals surface area (Å²) in [4.78, 5) is 0. The summed E-state index contributed by atoms with van der Waals surface area (Å²) >= 11 is 0. The normalized spacial score (nSPS) is 21.3. The number of rotatable bonds is 4. The molecule has 21 heavy (non-hydrogen) atoms. The molecule has 112 valence electrons. The molecule has 2 aromatic rings. The molecule has 0 aliphatic heterocycles. The lowest BCUT2D eigenvalue weighted by atomic mass is 9.73. The third-order valence-electron chi connectivity index (χ3n) is 4.69. The summed E-state index contributed by atoms with van der Waals surface area (Å²) in [6, 6.07) is 10.8. The molecule has 1 aliphatic rings. The molecule has 0 spiro atoms. The van der Waals surface area contributed by atoms with Gasteiger partial charge in [-0.05, 0) is 18.3 Å². The zero-order chi connectivity index (χ0) is 14.7. The van der Waals surface area contributed by atoms with Gasteiger partial charge in [0.05, 0.1) is 0 Å². The van der Waals surface area contributed by atoms with Crippen LogP contribution in [0.1, 0.15) is 45.2 Å². The summed E-state index contributed by atoms with van der Waals surface area (Å²) in [5.74, 6) is 0. The van der Waals surface area contributed by atoms with Crippen LogP contribution in [0.15, 0.2) is 30.3 Å². The van der Waals surface area contributed by atoms with Gasteiger partial charge in [-0.25, -0.2) is 0 Å². The van der Waals surface area contributed by atoms with Gasteiger partial charge in [-0.1, -0.05) is 57.0 Å². The Labute approximate surface area is 126 Å². The predicted octanol–water partition coefficient (Wildman–Crippen LogP) is 3.53. The molecule has 1 aromatic carbocycles. The van der Waals surface area contributed by atoms with E-state index in [1.165, 1.54) is 25.7 Å². The monoisotopic (exact) mass is 284 g/mol. The number of aromatic nitrogens is 3. The molecule has 0 saturated heterocycles. The van der Waals surface area contributed by atoms with Gasteiger partial charge in [-0.3, -0.25) is 0 Å².